The van der Waals surface area contributed by atoms with E-state index in [0.29, 0.717) is 17.4 Å². The SMILES string of the molecule is COc1cc(CNC2CCN3CCCC23)ccc1C#N. The normalized spacial score (nSPS) is 25.4. The third-order valence-corrected chi connectivity index (χ3v) is 4.56. The highest BCUT2D eigenvalue weighted by Gasteiger charge is 2.36. The first-order valence-corrected chi connectivity index (χ1v) is 7.36. The number of fused-ring (bicyclic) bond motifs is 1. The number of nitrogens with zero attached hydrogens (tertiary/aromatic N) is 2. The summed E-state index contributed by atoms with van der Waals surface area (Å²) in [5, 5.41) is 12.7. The molecule has 2 atom stereocenters. The molecule has 4 heteroatoms. The molecule has 1 N–H and O–H groups in total. The molecule has 2 aliphatic rings. The summed E-state index contributed by atoms with van der Waals surface area (Å²) in [6.07, 6.45) is 3.92. The minimum absolute atomic E-state index is 0.596. The van der Waals surface area contributed by atoms with Gasteiger partial charge in [-0.1, -0.05) is 6.07 Å². The predicted octanol–water partition coefficient (Wildman–Crippen LogP) is 1.89. The molecule has 4 nitrogen and oxygen atoms in total. The highest BCUT2D eigenvalue weighted by atomic mass is 16.5. The van der Waals surface area contributed by atoms with Crippen molar-refractivity contribution in [3.63, 3.8) is 0 Å². The molecule has 2 unspecified atom stereocenters. The van der Waals surface area contributed by atoms with Crippen LogP contribution in [0.4, 0.5) is 0 Å². The van der Waals surface area contributed by atoms with Crippen LogP contribution in [0.15, 0.2) is 18.2 Å². The Labute approximate surface area is 120 Å². The van der Waals surface area contributed by atoms with Crippen molar-refractivity contribution in [2.24, 2.45) is 0 Å². The quantitative estimate of drug-likeness (QED) is 0.908. The number of nitrogens with one attached hydrogen (secondary N) is 1. The fourth-order valence-electron chi connectivity index (χ4n) is 3.51. The van der Waals surface area contributed by atoms with Crippen LogP contribution in [-0.4, -0.2) is 37.2 Å². The van der Waals surface area contributed by atoms with Crippen molar-refractivity contribution in [2.75, 3.05) is 20.2 Å². The molecule has 2 heterocycles. The molecule has 3 rings (SSSR count). The second kappa shape index (κ2) is 5.82. The Hall–Kier alpha value is -1.57. The van der Waals surface area contributed by atoms with E-state index >= 15 is 0 Å². The molecule has 0 aliphatic carbocycles. The van der Waals surface area contributed by atoms with Gasteiger partial charge in [-0.2, -0.15) is 5.26 Å². The van der Waals surface area contributed by atoms with Crippen LogP contribution >= 0.6 is 0 Å². The summed E-state index contributed by atoms with van der Waals surface area (Å²) in [6, 6.07) is 9.31. The van der Waals surface area contributed by atoms with E-state index in [4.69, 9.17) is 10.00 Å². The molecule has 0 spiro atoms. The van der Waals surface area contributed by atoms with Crippen LogP contribution in [0.25, 0.3) is 0 Å². The zero-order chi connectivity index (χ0) is 13.9. The maximum atomic E-state index is 8.99. The topological polar surface area (TPSA) is 48.3 Å². The van der Waals surface area contributed by atoms with E-state index in [-0.39, 0.29) is 0 Å². The summed E-state index contributed by atoms with van der Waals surface area (Å²) in [4.78, 5) is 2.61. The lowest BCUT2D eigenvalue weighted by Gasteiger charge is -2.21. The van der Waals surface area contributed by atoms with Crippen LogP contribution < -0.4 is 10.1 Å². The number of ether oxygens (including phenoxy) is 1. The van der Waals surface area contributed by atoms with Gasteiger partial charge in [0.05, 0.1) is 12.7 Å². The number of rotatable bonds is 4. The average molecular weight is 271 g/mol. The van der Waals surface area contributed by atoms with Gasteiger partial charge in [-0.15, -0.1) is 0 Å². The summed E-state index contributed by atoms with van der Waals surface area (Å²) < 4.78 is 5.26. The van der Waals surface area contributed by atoms with Gasteiger partial charge in [-0.3, -0.25) is 4.90 Å². The standard InChI is InChI=1S/C16H21N3O/c1-20-16-9-12(4-5-13(16)10-17)11-18-14-6-8-19-7-2-3-15(14)19/h4-5,9,14-15,18H,2-3,6-8,11H2,1H3. The molecule has 2 aliphatic heterocycles. The molecular weight excluding hydrogens is 250 g/mol. The molecular formula is C16H21N3O. The van der Waals surface area contributed by atoms with Crippen LogP contribution in [0.5, 0.6) is 5.75 Å². The van der Waals surface area contributed by atoms with E-state index in [1.807, 2.05) is 18.2 Å². The van der Waals surface area contributed by atoms with E-state index in [0.717, 1.165) is 12.6 Å². The fourth-order valence-corrected chi connectivity index (χ4v) is 3.51. The van der Waals surface area contributed by atoms with Crippen molar-refractivity contribution >= 4 is 0 Å². The smallest absolute Gasteiger partial charge is 0.136 e. The van der Waals surface area contributed by atoms with Gasteiger partial charge in [0.25, 0.3) is 0 Å². The van der Waals surface area contributed by atoms with Crippen LogP contribution in [0, 0.1) is 11.3 Å². The lowest BCUT2D eigenvalue weighted by atomic mass is 10.1. The molecule has 2 saturated heterocycles. The van der Waals surface area contributed by atoms with Crippen molar-refractivity contribution in [3.8, 4) is 11.8 Å². The zero-order valence-corrected chi connectivity index (χ0v) is 11.9. The summed E-state index contributed by atoms with van der Waals surface area (Å²) in [5.41, 5.74) is 1.77. The Morgan fingerprint density at radius 3 is 3.10 bits per heavy atom. The second-order valence-electron chi connectivity index (χ2n) is 5.67. The number of hydrogen-bond acceptors (Lipinski definition) is 4. The largest absolute Gasteiger partial charge is 0.495 e. The molecule has 1 aromatic carbocycles. The number of methoxy groups -OCH3 is 1. The van der Waals surface area contributed by atoms with Gasteiger partial charge in [0, 0.05) is 25.2 Å². The van der Waals surface area contributed by atoms with E-state index in [2.05, 4.69) is 16.3 Å². The number of hydrogen-bond donors (Lipinski definition) is 1. The van der Waals surface area contributed by atoms with Gasteiger partial charge in [0.2, 0.25) is 0 Å². The van der Waals surface area contributed by atoms with Gasteiger partial charge in [0.15, 0.2) is 0 Å². The Morgan fingerprint density at radius 2 is 2.30 bits per heavy atom. The van der Waals surface area contributed by atoms with Gasteiger partial charge in [0.1, 0.15) is 11.8 Å². The van der Waals surface area contributed by atoms with Crippen molar-refractivity contribution < 1.29 is 4.74 Å². The lowest BCUT2D eigenvalue weighted by molar-refractivity contribution is 0.298. The zero-order valence-electron chi connectivity index (χ0n) is 11.9. The van der Waals surface area contributed by atoms with Crippen molar-refractivity contribution in [2.45, 2.75) is 37.9 Å². The van der Waals surface area contributed by atoms with Crippen LogP contribution in [0.2, 0.25) is 0 Å². The predicted molar refractivity (Wildman–Crippen MR) is 77.5 cm³/mol. The van der Waals surface area contributed by atoms with E-state index in [1.54, 1.807) is 7.11 Å². The molecule has 106 valence electrons. The molecule has 0 bridgehead atoms. The first-order chi connectivity index (χ1) is 9.81. The summed E-state index contributed by atoms with van der Waals surface area (Å²) in [5.74, 6) is 0.667. The molecule has 0 radical (unpaired) electrons. The minimum Gasteiger partial charge on any atom is -0.495 e. The fraction of sp³-hybridized carbons (Fsp3) is 0.562. The second-order valence-corrected chi connectivity index (χ2v) is 5.67. The van der Waals surface area contributed by atoms with Crippen molar-refractivity contribution in [3.05, 3.63) is 29.3 Å². The minimum atomic E-state index is 0.596. The molecule has 0 amide bonds. The summed E-state index contributed by atoms with van der Waals surface area (Å²) in [6.45, 7) is 3.35. The highest BCUT2D eigenvalue weighted by molar-refractivity contribution is 5.45. The third-order valence-electron chi connectivity index (χ3n) is 4.56. The monoisotopic (exact) mass is 271 g/mol. The van der Waals surface area contributed by atoms with Crippen LogP contribution in [-0.2, 0) is 6.54 Å². The van der Waals surface area contributed by atoms with Gasteiger partial charge in [-0.25, -0.2) is 0 Å². The maximum Gasteiger partial charge on any atom is 0.136 e. The van der Waals surface area contributed by atoms with Crippen LogP contribution in [0.3, 0.4) is 0 Å². The van der Waals surface area contributed by atoms with Gasteiger partial charge in [-0.05, 0) is 43.5 Å². The first-order valence-electron chi connectivity index (χ1n) is 7.36. The Kier molecular flexibility index (Phi) is 3.90. The number of benzene rings is 1. The molecule has 0 saturated carbocycles. The van der Waals surface area contributed by atoms with Gasteiger partial charge >= 0.3 is 0 Å². The van der Waals surface area contributed by atoms with Crippen molar-refractivity contribution in [1.29, 1.82) is 5.26 Å². The van der Waals surface area contributed by atoms with E-state index < -0.39 is 0 Å². The maximum absolute atomic E-state index is 8.99. The molecule has 2 fully saturated rings. The lowest BCUT2D eigenvalue weighted by Crippen LogP contribution is -2.38. The molecule has 20 heavy (non-hydrogen) atoms. The molecule has 1 aromatic rings. The Morgan fingerprint density at radius 1 is 1.40 bits per heavy atom. The Balaban J connectivity index is 1.62. The first kappa shape index (κ1) is 13.4. The Bertz CT molecular complexity index is 523. The van der Waals surface area contributed by atoms with E-state index in [1.165, 1.54) is 37.9 Å². The average Bonchev–Trinajstić information content (AvgIpc) is 3.08. The summed E-state index contributed by atoms with van der Waals surface area (Å²) in [7, 11) is 1.61. The molecule has 0 aromatic heterocycles. The van der Waals surface area contributed by atoms with Gasteiger partial charge < -0.3 is 10.1 Å². The van der Waals surface area contributed by atoms with E-state index in [9.17, 15) is 0 Å². The van der Waals surface area contributed by atoms with Crippen molar-refractivity contribution in [1.82, 2.24) is 10.2 Å². The van der Waals surface area contributed by atoms with Crippen LogP contribution in [0.1, 0.15) is 30.4 Å². The third kappa shape index (κ3) is 2.52. The highest BCUT2D eigenvalue weighted by Crippen LogP contribution is 2.28. The number of nitriles is 1. The summed E-state index contributed by atoms with van der Waals surface area (Å²) >= 11 is 0.